The van der Waals surface area contributed by atoms with Gasteiger partial charge in [-0.1, -0.05) is 34.5 Å². The highest BCUT2D eigenvalue weighted by Crippen LogP contribution is 2.02. The largest absolute Gasteiger partial charge is 0.102 e. The summed E-state index contributed by atoms with van der Waals surface area (Å²) in [6.45, 7) is 4.00. The van der Waals surface area contributed by atoms with Gasteiger partial charge in [-0.2, -0.15) is 0 Å². The maximum Gasteiger partial charge on any atom is 0.0380 e. The van der Waals surface area contributed by atoms with Crippen molar-refractivity contribution in [3.63, 3.8) is 0 Å². The van der Waals surface area contributed by atoms with Gasteiger partial charge in [0.1, 0.15) is 0 Å². The van der Waals surface area contributed by atoms with Crippen LogP contribution in [0.5, 0.6) is 0 Å². The molecule has 0 aliphatic carbocycles. The highest BCUT2D eigenvalue weighted by molar-refractivity contribution is 8.54. The first-order valence-electron chi connectivity index (χ1n) is 1.71. The van der Waals surface area contributed by atoms with E-state index in [9.17, 15) is 0 Å². The van der Waals surface area contributed by atoms with E-state index in [2.05, 4.69) is 20.7 Å². The molecule has 0 rings (SSSR count). The van der Waals surface area contributed by atoms with E-state index in [1.54, 1.807) is 4.70 Å². The molecular weight excluding hydrogens is 131 g/mol. The van der Waals surface area contributed by atoms with Crippen LogP contribution in [0.25, 0.3) is 0 Å². The van der Waals surface area contributed by atoms with Gasteiger partial charge in [0, 0.05) is 4.70 Å². The molecule has 0 spiro atoms. The second-order valence-corrected chi connectivity index (χ2v) is 2.09. The van der Waals surface area contributed by atoms with Crippen LogP contribution in [0.1, 0.15) is 13.8 Å². The molecule has 0 fully saturated rings. The van der Waals surface area contributed by atoms with E-state index < -0.39 is 0 Å². The summed E-state index contributed by atoms with van der Waals surface area (Å²) in [5.74, 6) is 0. The maximum absolute atomic E-state index is 4.37. The molecule has 0 aliphatic heterocycles. The summed E-state index contributed by atoms with van der Waals surface area (Å²) >= 11 is 5.83. The molecule has 0 nitrogen and oxygen atoms in total. The van der Waals surface area contributed by atoms with Crippen molar-refractivity contribution in [3.05, 3.63) is 0 Å². The monoisotopic (exact) mass is 140 g/mol. The zero-order valence-electron chi connectivity index (χ0n) is 3.97. The van der Waals surface area contributed by atoms with Gasteiger partial charge >= 0.3 is 0 Å². The minimum Gasteiger partial charge on any atom is -0.102 e. The lowest BCUT2D eigenvalue weighted by atomic mass is 11.0. The first kappa shape index (κ1) is 9.98. The van der Waals surface area contributed by atoms with E-state index in [0.29, 0.717) is 0 Å². The Hall–Kier alpha value is 0.870. The van der Waals surface area contributed by atoms with E-state index in [4.69, 9.17) is 0 Å². The molecule has 0 saturated carbocycles. The van der Waals surface area contributed by atoms with Gasteiger partial charge in [0.2, 0.25) is 0 Å². The Morgan fingerprint density at radius 1 is 1.67 bits per heavy atom. The Morgan fingerprint density at radius 2 is 1.83 bits per heavy atom. The number of thiocarbonyl (C=S) groups is 1. The Morgan fingerprint density at radius 3 is 1.83 bits per heavy atom. The molecule has 1 unspecified atom stereocenters. The Balaban J connectivity index is 0. The van der Waals surface area contributed by atoms with Crippen LogP contribution >= 0.6 is 32.0 Å². The lowest BCUT2D eigenvalue weighted by Gasteiger charge is -1.56. The summed E-state index contributed by atoms with van der Waals surface area (Å²) in [6, 6.07) is 0. The van der Waals surface area contributed by atoms with Crippen molar-refractivity contribution in [2.75, 3.05) is 0 Å². The van der Waals surface area contributed by atoms with Crippen LogP contribution in [0.4, 0.5) is 0 Å². The number of hydrogen-bond donors (Lipinski definition) is 0. The lowest BCUT2D eigenvalue weighted by Crippen LogP contribution is -1.25. The van der Waals surface area contributed by atoms with Crippen molar-refractivity contribution >= 4 is 36.7 Å². The van der Waals surface area contributed by atoms with Gasteiger partial charge < -0.3 is 0 Å². The zero-order chi connectivity index (χ0) is 5.41. The second-order valence-electron chi connectivity index (χ2n) is 0.232. The molecule has 0 aromatic carbocycles. The fourth-order valence-corrected chi connectivity index (χ4v) is 0. The summed E-state index contributed by atoms with van der Waals surface area (Å²) in [5.41, 5.74) is 0. The molecule has 0 heterocycles. The fraction of sp³-hybridized carbons (Fsp3) is 0.667. The highest BCUT2D eigenvalue weighted by Gasteiger charge is 1.46. The molecule has 6 heavy (non-hydrogen) atoms. The van der Waals surface area contributed by atoms with Crippen LogP contribution in [0.3, 0.4) is 0 Å². The van der Waals surface area contributed by atoms with Crippen LogP contribution < -0.4 is 0 Å². The van der Waals surface area contributed by atoms with Crippen molar-refractivity contribution in [2.24, 2.45) is 0 Å². The molecule has 0 bridgehead atoms. The first-order chi connectivity index (χ1) is 2.91. The van der Waals surface area contributed by atoms with Gasteiger partial charge in [-0.05, 0) is 0 Å². The minimum atomic E-state index is 1.46. The Labute approximate surface area is 51.0 Å². The third-order valence-corrected chi connectivity index (χ3v) is 1.50. The van der Waals surface area contributed by atoms with Crippen molar-refractivity contribution in [1.82, 2.24) is 0 Å². The molecule has 0 saturated heterocycles. The highest BCUT2D eigenvalue weighted by atomic mass is 32.7. The molecule has 3 heteroatoms. The third-order valence-electron chi connectivity index (χ3n) is 0.0556. The first-order valence-corrected chi connectivity index (χ1v) is 4.54. The van der Waals surface area contributed by atoms with Crippen LogP contribution in [0, 0.1) is 0 Å². The van der Waals surface area contributed by atoms with Crippen LogP contribution in [-0.2, 0) is 0 Å². The lowest BCUT2D eigenvalue weighted by molar-refractivity contribution is 1.50. The molecular formula is C3H9PS2. The van der Waals surface area contributed by atoms with E-state index in [1.807, 2.05) is 13.8 Å². The van der Waals surface area contributed by atoms with Crippen LogP contribution in [0.2, 0.25) is 0 Å². The van der Waals surface area contributed by atoms with Crippen molar-refractivity contribution < 1.29 is 0 Å². The van der Waals surface area contributed by atoms with Crippen molar-refractivity contribution in [3.8, 4) is 0 Å². The zero-order valence-corrected chi connectivity index (χ0v) is 6.76. The molecule has 38 valence electrons. The van der Waals surface area contributed by atoms with E-state index in [1.165, 1.54) is 11.4 Å². The molecule has 0 radical (unpaired) electrons. The van der Waals surface area contributed by atoms with Crippen molar-refractivity contribution in [2.45, 2.75) is 13.8 Å². The normalized spacial score (nSPS) is 5.17. The third kappa shape index (κ3) is 20.9. The minimum absolute atomic E-state index is 1.46. The Kier molecular flexibility index (Phi) is 28.1. The molecule has 0 N–H and O–H groups in total. The second kappa shape index (κ2) is 16.9. The van der Waals surface area contributed by atoms with E-state index >= 15 is 0 Å². The van der Waals surface area contributed by atoms with E-state index in [0.717, 1.165) is 0 Å². The molecule has 1 atom stereocenters. The van der Waals surface area contributed by atoms with Crippen molar-refractivity contribution in [1.29, 1.82) is 0 Å². The standard InChI is InChI=1S/C2H6.CH3PS2/c1-2;2-4-1-3/h1-2H3;1H,2H2. The predicted octanol–water partition coefficient (Wildman–Crippen LogP) is 2.49. The number of rotatable bonds is 1. The molecule has 0 aromatic heterocycles. The average Bonchev–Trinajstić information content (AvgIpc) is 1.72. The summed E-state index contributed by atoms with van der Waals surface area (Å²) < 4.78 is 1.59. The Bertz CT molecular complexity index is 22.8. The predicted molar refractivity (Wildman–Crippen MR) is 42.3 cm³/mol. The number of hydrogen-bond acceptors (Lipinski definition) is 2. The van der Waals surface area contributed by atoms with Gasteiger partial charge in [0.15, 0.2) is 0 Å². The quantitative estimate of drug-likeness (QED) is 0.405. The van der Waals surface area contributed by atoms with Gasteiger partial charge in [-0.15, -0.1) is 11.4 Å². The van der Waals surface area contributed by atoms with Gasteiger partial charge in [-0.25, -0.2) is 0 Å². The van der Waals surface area contributed by atoms with Gasteiger partial charge in [0.25, 0.3) is 0 Å². The summed E-state index contributed by atoms with van der Waals surface area (Å²) in [7, 11) is 2.41. The fourth-order valence-electron chi connectivity index (χ4n) is 0. The van der Waals surface area contributed by atoms with Gasteiger partial charge in [-0.3, -0.25) is 0 Å². The van der Waals surface area contributed by atoms with Gasteiger partial charge in [0.05, 0.1) is 0 Å². The van der Waals surface area contributed by atoms with Crippen LogP contribution in [0.15, 0.2) is 0 Å². The maximum atomic E-state index is 4.37. The summed E-state index contributed by atoms with van der Waals surface area (Å²) in [4.78, 5) is 0. The molecule has 0 amide bonds. The summed E-state index contributed by atoms with van der Waals surface area (Å²) in [6.07, 6.45) is 0. The SMILES string of the molecule is CC.PSC=S. The molecule has 0 aromatic rings. The topological polar surface area (TPSA) is 0 Å². The summed E-state index contributed by atoms with van der Waals surface area (Å²) in [5, 5.41) is 0. The average molecular weight is 140 g/mol. The molecule has 0 aliphatic rings. The van der Waals surface area contributed by atoms with E-state index in [-0.39, 0.29) is 0 Å². The van der Waals surface area contributed by atoms with Crippen LogP contribution in [-0.4, -0.2) is 4.70 Å². The smallest absolute Gasteiger partial charge is 0.0380 e.